The van der Waals surface area contributed by atoms with Gasteiger partial charge in [0.15, 0.2) is 0 Å². The Morgan fingerprint density at radius 2 is 0.766 bits per heavy atom. The van der Waals surface area contributed by atoms with Crippen LogP contribution in [0.15, 0.2) is 176 Å². The van der Waals surface area contributed by atoms with Crippen LogP contribution < -0.4 is 0 Å². The minimum absolute atomic E-state index is 1.22. The Morgan fingerprint density at radius 1 is 0.255 bits per heavy atom. The number of fused-ring (bicyclic) bond motifs is 5. The molecular formula is C47H32. The molecule has 0 nitrogen and oxygen atoms in total. The maximum absolute atomic E-state index is 2.42. The first-order valence-corrected chi connectivity index (χ1v) is 16.3. The summed E-state index contributed by atoms with van der Waals surface area (Å²) in [6, 6.07) is 64.9. The molecule has 0 N–H and O–H groups in total. The van der Waals surface area contributed by atoms with Gasteiger partial charge in [0.05, 0.1) is 0 Å². The molecule has 9 aromatic carbocycles. The third kappa shape index (κ3) is 4.87. The van der Waals surface area contributed by atoms with Crippen LogP contribution in [-0.2, 0) is 0 Å². The number of hydrogen-bond donors (Lipinski definition) is 0. The molecule has 0 aliphatic heterocycles. The largest absolute Gasteiger partial charge is 0.0622 e. The van der Waals surface area contributed by atoms with Crippen LogP contribution >= 0.6 is 0 Å². The summed E-state index contributed by atoms with van der Waals surface area (Å²) in [6.45, 7) is 2.14. The van der Waals surface area contributed by atoms with Crippen LogP contribution in [0.4, 0.5) is 0 Å². The van der Waals surface area contributed by atoms with Gasteiger partial charge >= 0.3 is 0 Å². The fourth-order valence-electron chi connectivity index (χ4n) is 7.19. The summed E-state index contributed by atoms with van der Waals surface area (Å²) >= 11 is 0. The molecule has 47 heavy (non-hydrogen) atoms. The molecule has 0 unspecified atom stereocenters. The van der Waals surface area contributed by atoms with Gasteiger partial charge in [-0.2, -0.15) is 0 Å². The lowest BCUT2D eigenvalue weighted by Gasteiger charge is -2.17. The van der Waals surface area contributed by atoms with Crippen LogP contribution in [0.2, 0.25) is 0 Å². The highest BCUT2D eigenvalue weighted by molar-refractivity contribution is 6.16. The maximum atomic E-state index is 2.42. The molecule has 0 saturated heterocycles. The number of hydrogen-bond acceptors (Lipinski definition) is 0. The molecule has 9 aromatic rings. The summed E-state index contributed by atoms with van der Waals surface area (Å²) in [6.07, 6.45) is 0. The quantitative estimate of drug-likeness (QED) is 0.177. The fraction of sp³-hybridized carbons (Fsp3) is 0.0213. The third-order valence-electron chi connectivity index (χ3n) is 9.68. The zero-order chi connectivity index (χ0) is 31.3. The lowest BCUT2D eigenvalue weighted by Crippen LogP contribution is -1.90. The van der Waals surface area contributed by atoms with Crippen LogP contribution in [-0.4, -0.2) is 0 Å². The molecule has 0 heterocycles. The van der Waals surface area contributed by atoms with Gasteiger partial charge in [-0.05, 0) is 131 Å². The van der Waals surface area contributed by atoms with E-state index in [9.17, 15) is 0 Å². The van der Waals surface area contributed by atoms with Crippen molar-refractivity contribution in [2.45, 2.75) is 6.92 Å². The number of aryl methyl sites for hydroxylation is 1. The molecule has 0 atom stereocenters. The lowest BCUT2D eigenvalue weighted by atomic mass is 9.87. The van der Waals surface area contributed by atoms with Crippen LogP contribution in [0.1, 0.15) is 5.56 Å². The van der Waals surface area contributed by atoms with Gasteiger partial charge in [0.1, 0.15) is 0 Å². The minimum Gasteiger partial charge on any atom is -0.0622 e. The molecule has 0 fully saturated rings. The average Bonchev–Trinajstić information content (AvgIpc) is 3.14. The molecule has 0 aromatic heterocycles. The summed E-state index contributed by atoms with van der Waals surface area (Å²) < 4.78 is 0. The highest BCUT2D eigenvalue weighted by Crippen LogP contribution is 2.42. The van der Waals surface area contributed by atoms with Gasteiger partial charge in [0.2, 0.25) is 0 Å². The second kappa shape index (κ2) is 11.1. The molecule has 0 aliphatic carbocycles. The molecule has 220 valence electrons. The molecule has 0 aliphatic rings. The van der Waals surface area contributed by atoms with Gasteiger partial charge in [-0.3, -0.25) is 0 Å². The van der Waals surface area contributed by atoms with Crippen molar-refractivity contribution in [1.29, 1.82) is 0 Å². The summed E-state index contributed by atoms with van der Waals surface area (Å²) in [7, 11) is 0. The van der Waals surface area contributed by atoms with Crippen molar-refractivity contribution in [3.05, 3.63) is 181 Å². The van der Waals surface area contributed by atoms with Crippen molar-refractivity contribution in [1.82, 2.24) is 0 Å². The average molecular weight is 597 g/mol. The summed E-state index contributed by atoms with van der Waals surface area (Å²) in [5.41, 5.74) is 11.2. The van der Waals surface area contributed by atoms with Crippen LogP contribution in [0.5, 0.6) is 0 Å². The van der Waals surface area contributed by atoms with Crippen molar-refractivity contribution in [2.75, 3.05) is 0 Å². The van der Waals surface area contributed by atoms with Gasteiger partial charge in [0, 0.05) is 0 Å². The Morgan fingerprint density at radius 3 is 1.51 bits per heavy atom. The molecular weight excluding hydrogens is 565 g/mol. The van der Waals surface area contributed by atoms with E-state index in [4.69, 9.17) is 0 Å². The second-order valence-electron chi connectivity index (χ2n) is 12.7. The first kappa shape index (κ1) is 27.3. The zero-order valence-electron chi connectivity index (χ0n) is 26.2. The topological polar surface area (TPSA) is 0 Å². The Hall–Kier alpha value is -5.98. The van der Waals surface area contributed by atoms with Gasteiger partial charge in [-0.25, -0.2) is 0 Å². The minimum atomic E-state index is 1.22. The van der Waals surface area contributed by atoms with Crippen LogP contribution in [0.3, 0.4) is 0 Å². The SMILES string of the molecule is Cc1ccc(-c2ccc3c(c2)cc(-c2ccc4ccccc4c2)c2cc(-c4cc5ccccc5cc4-c4ccccc4)ccc23)cc1. The molecule has 0 amide bonds. The predicted octanol–water partition coefficient (Wildman–Crippen LogP) is 13.3. The van der Waals surface area contributed by atoms with Gasteiger partial charge < -0.3 is 0 Å². The van der Waals surface area contributed by atoms with E-state index in [0.29, 0.717) is 0 Å². The zero-order valence-corrected chi connectivity index (χ0v) is 26.2. The van der Waals surface area contributed by atoms with Crippen molar-refractivity contribution < 1.29 is 0 Å². The van der Waals surface area contributed by atoms with Crippen LogP contribution in [0, 0.1) is 6.92 Å². The maximum Gasteiger partial charge on any atom is -0.00928 e. The van der Waals surface area contributed by atoms with E-state index in [1.54, 1.807) is 0 Å². The van der Waals surface area contributed by atoms with E-state index in [1.807, 2.05) is 0 Å². The van der Waals surface area contributed by atoms with Crippen LogP contribution in [0.25, 0.3) is 87.6 Å². The highest BCUT2D eigenvalue weighted by atomic mass is 14.2. The van der Waals surface area contributed by atoms with Gasteiger partial charge in [-0.1, -0.05) is 145 Å². The molecule has 0 heteroatoms. The highest BCUT2D eigenvalue weighted by Gasteiger charge is 2.15. The predicted molar refractivity (Wildman–Crippen MR) is 203 cm³/mol. The molecule has 9 rings (SSSR count). The van der Waals surface area contributed by atoms with E-state index in [1.165, 1.54) is 93.2 Å². The van der Waals surface area contributed by atoms with E-state index >= 15 is 0 Å². The van der Waals surface area contributed by atoms with Gasteiger partial charge in [0.25, 0.3) is 0 Å². The summed E-state index contributed by atoms with van der Waals surface area (Å²) in [5.74, 6) is 0. The Bertz CT molecular complexity index is 2610. The smallest absolute Gasteiger partial charge is 0.00928 e. The van der Waals surface area contributed by atoms with Crippen molar-refractivity contribution in [3.63, 3.8) is 0 Å². The third-order valence-corrected chi connectivity index (χ3v) is 9.68. The molecule has 0 radical (unpaired) electrons. The van der Waals surface area contributed by atoms with E-state index in [2.05, 4.69) is 183 Å². The number of rotatable bonds is 4. The van der Waals surface area contributed by atoms with Gasteiger partial charge in [-0.15, -0.1) is 0 Å². The monoisotopic (exact) mass is 596 g/mol. The van der Waals surface area contributed by atoms with Crippen molar-refractivity contribution in [3.8, 4) is 44.5 Å². The van der Waals surface area contributed by atoms with Crippen molar-refractivity contribution >= 4 is 43.1 Å². The first-order valence-electron chi connectivity index (χ1n) is 16.3. The Labute approximate surface area is 275 Å². The molecule has 0 spiro atoms. The molecule has 0 bridgehead atoms. The number of benzene rings is 9. The normalized spacial score (nSPS) is 11.5. The standard InChI is InChI=1S/C47H32/c1-31-15-17-33(18-16-31)38-21-23-42-41(26-38)30-46(39-20-19-32-9-5-6-12-35(32)25-39)47-29-40(22-24-43(42)47)45-28-37-14-8-7-13-36(37)27-44(45)34-10-3-2-4-11-34/h2-30H,1H3. The Balaban J connectivity index is 1.32. The van der Waals surface area contributed by atoms with E-state index in [0.717, 1.165) is 0 Å². The summed E-state index contributed by atoms with van der Waals surface area (Å²) in [4.78, 5) is 0. The first-order chi connectivity index (χ1) is 23.2. The lowest BCUT2D eigenvalue weighted by molar-refractivity contribution is 1.47. The van der Waals surface area contributed by atoms with Crippen molar-refractivity contribution in [2.24, 2.45) is 0 Å². The second-order valence-corrected chi connectivity index (χ2v) is 12.7. The fourth-order valence-corrected chi connectivity index (χ4v) is 7.19. The van der Waals surface area contributed by atoms with E-state index < -0.39 is 0 Å². The molecule has 0 saturated carbocycles. The Kier molecular flexibility index (Phi) is 6.47. The van der Waals surface area contributed by atoms with E-state index in [-0.39, 0.29) is 0 Å². The summed E-state index contributed by atoms with van der Waals surface area (Å²) in [5, 5.41) is 10.1.